The van der Waals surface area contributed by atoms with Gasteiger partial charge in [-0.2, -0.15) is 4.98 Å². The first-order chi connectivity index (χ1) is 18.3. The van der Waals surface area contributed by atoms with E-state index in [1.54, 1.807) is 0 Å². The number of rotatable bonds is 8. The van der Waals surface area contributed by atoms with Crippen LogP contribution in [-0.4, -0.2) is 77.7 Å². The zero-order chi connectivity index (χ0) is 25.3. The molecule has 8 nitrogen and oxygen atoms in total. The Kier molecular flexibility index (Phi) is 9.91. The molecule has 0 radical (unpaired) electrons. The van der Waals surface area contributed by atoms with Crippen molar-refractivity contribution in [3.8, 4) is 0 Å². The molecule has 206 valence electrons. The Balaban J connectivity index is 1.25. The summed E-state index contributed by atoms with van der Waals surface area (Å²) in [5, 5.41) is 10.4. The second kappa shape index (κ2) is 13.7. The number of amides is 1. The van der Waals surface area contributed by atoms with Gasteiger partial charge in [0.1, 0.15) is 5.82 Å². The van der Waals surface area contributed by atoms with E-state index >= 15 is 0 Å². The van der Waals surface area contributed by atoms with Crippen LogP contribution in [-0.2, 0) is 4.79 Å². The molecule has 3 N–H and O–H groups in total. The number of carbonyl (C=O) groups excluding carboxylic acids is 1. The van der Waals surface area contributed by atoms with E-state index in [0.717, 1.165) is 63.6 Å². The molecule has 3 atom stereocenters. The number of hydrogen-bond donors (Lipinski definition) is 3. The van der Waals surface area contributed by atoms with Crippen LogP contribution in [0.2, 0.25) is 0 Å². The lowest BCUT2D eigenvalue weighted by Gasteiger charge is -2.47. The predicted molar refractivity (Wildman–Crippen MR) is 150 cm³/mol. The van der Waals surface area contributed by atoms with Gasteiger partial charge in [-0.3, -0.25) is 9.69 Å². The maximum atomic E-state index is 12.8. The fourth-order valence-corrected chi connectivity index (χ4v) is 7.09. The van der Waals surface area contributed by atoms with Crippen LogP contribution in [0.4, 0.5) is 11.8 Å². The lowest BCUT2D eigenvalue weighted by Crippen LogP contribution is -2.56. The number of aromatic nitrogens is 2. The fourth-order valence-electron chi connectivity index (χ4n) is 7.09. The first-order valence-corrected chi connectivity index (χ1v) is 15.4. The van der Waals surface area contributed by atoms with E-state index in [9.17, 15) is 4.79 Å². The minimum atomic E-state index is -0.0152. The Labute approximate surface area is 223 Å². The van der Waals surface area contributed by atoms with Gasteiger partial charge < -0.3 is 20.9 Å². The van der Waals surface area contributed by atoms with E-state index in [0.29, 0.717) is 18.1 Å². The topological polar surface area (TPSA) is 85.4 Å². The lowest BCUT2D eigenvalue weighted by atomic mass is 9.87. The highest BCUT2D eigenvalue weighted by Gasteiger charge is 2.36. The van der Waals surface area contributed by atoms with Crippen LogP contribution in [0.1, 0.15) is 96.3 Å². The average Bonchev–Trinajstić information content (AvgIpc) is 3.25. The van der Waals surface area contributed by atoms with E-state index in [1.807, 2.05) is 6.20 Å². The maximum Gasteiger partial charge on any atom is 0.237 e. The summed E-state index contributed by atoms with van der Waals surface area (Å²) in [4.78, 5) is 27.6. The van der Waals surface area contributed by atoms with Crippen molar-refractivity contribution in [2.75, 3.05) is 42.9 Å². The van der Waals surface area contributed by atoms with Gasteiger partial charge in [0.15, 0.2) is 0 Å². The highest BCUT2D eigenvalue weighted by atomic mass is 16.2. The highest BCUT2D eigenvalue weighted by Crippen LogP contribution is 2.31. The van der Waals surface area contributed by atoms with Crippen LogP contribution >= 0.6 is 0 Å². The van der Waals surface area contributed by atoms with E-state index in [1.165, 1.54) is 77.2 Å². The van der Waals surface area contributed by atoms with Crippen LogP contribution in [0.5, 0.6) is 0 Å². The summed E-state index contributed by atoms with van der Waals surface area (Å²) >= 11 is 0. The minimum absolute atomic E-state index is 0.0152. The number of anilines is 2. The molecule has 5 rings (SSSR count). The third-order valence-electron chi connectivity index (χ3n) is 9.12. The van der Waals surface area contributed by atoms with Crippen molar-refractivity contribution in [2.24, 2.45) is 0 Å². The van der Waals surface area contributed by atoms with Crippen molar-refractivity contribution in [2.45, 2.75) is 120 Å². The van der Waals surface area contributed by atoms with Gasteiger partial charge in [-0.05, 0) is 76.9 Å². The molecule has 1 aromatic rings. The second-order valence-corrected chi connectivity index (χ2v) is 11.7. The first-order valence-electron chi connectivity index (χ1n) is 15.4. The summed E-state index contributed by atoms with van der Waals surface area (Å²) in [5.74, 6) is 2.00. The third kappa shape index (κ3) is 7.34. The van der Waals surface area contributed by atoms with Crippen molar-refractivity contribution < 1.29 is 4.79 Å². The van der Waals surface area contributed by atoms with Crippen molar-refractivity contribution in [3.63, 3.8) is 0 Å². The Morgan fingerprint density at radius 2 is 1.70 bits per heavy atom. The quantitative estimate of drug-likeness (QED) is 0.485. The standard InChI is InChI=1S/C29H49N7O/c37-28(25-13-6-7-17-30-25)31-18-15-26-24(14-10-22-36(26)23-11-4-3-5-12-23)33-29-32-19-16-27(34-29)35-20-8-1-2-9-21-35/h16,19,23-26,30H,1-15,17-18,20-22H2,(H,31,37)(H,32,33,34)/t24?,25-,26?/m1/s1. The molecule has 1 aliphatic carbocycles. The lowest BCUT2D eigenvalue weighted by molar-refractivity contribution is -0.123. The van der Waals surface area contributed by atoms with Gasteiger partial charge in [-0.15, -0.1) is 0 Å². The van der Waals surface area contributed by atoms with E-state index < -0.39 is 0 Å². The summed E-state index contributed by atoms with van der Waals surface area (Å²) in [7, 11) is 0. The smallest absolute Gasteiger partial charge is 0.237 e. The average molecular weight is 512 g/mol. The van der Waals surface area contributed by atoms with Gasteiger partial charge in [-0.25, -0.2) is 4.98 Å². The SMILES string of the molecule is O=C(NCCC1C(Nc2nccc(N3CCCCCC3)n2)CCCN1C1CCCCC1)[C@H]1CCCCN1. The molecule has 2 unspecified atom stereocenters. The monoisotopic (exact) mass is 511 g/mol. The van der Waals surface area contributed by atoms with Gasteiger partial charge >= 0.3 is 0 Å². The molecule has 8 heteroatoms. The third-order valence-corrected chi connectivity index (χ3v) is 9.12. The largest absolute Gasteiger partial charge is 0.356 e. The number of carbonyl (C=O) groups is 1. The predicted octanol–water partition coefficient (Wildman–Crippen LogP) is 4.08. The molecule has 1 amide bonds. The van der Waals surface area contributed by atoms with Crippen molar-refractivity contribution in [1.29, 1.82) is 0 Å². The van der Waals surface area contributed by atoms with Crippen molar-refractivity contribution in [3.05, 3.63) is 12.3 Å². The molecule has 0 aromatic carbocycles. The molecular formula is C29H49N7O. The van der Waals surface area contributed by atoms with Gasteiger partial charge in [0.05, 0.1) is 6.04 Å². The van der Waals surface area contributed by atoms with Crippen LogP contribution in [0, 0.1) is 0 Å². The minimum Gasteiger partial charge on any atom is -0.356 e. The Bertz CT molecular complexity index is 831. The Morgan fingerprint density at radius 3 is 2.49 bits per heavy atom. The van der Waals surface area contributed by atoms with Gasteiger partial charge in [0.25, 0.3) is 0 Å². The number of hydrogen-bond acceptors (Lipinski definition) is 7. The molecule has 1 aromatic heterocycles. The van der Waals surface area contributed by atoms with Crippen LogP contribution in [0.25, 0.3) is 0 Å². The fraction of sp³-hybridized carbons (Fsp3) is 0.828. The summed E-state index contributed by atoms with van der Waals surface area (Å²) in [6.07, 6.45) is 20.3. The van der Waals surface area contributed by atoms with Crippen LogP contribution in [0.15, 0.2) is 12.3 Å². The summed E-state index contributed by atoms with van der Waals surface area (Å²) in [5.41, 5.74) is 0. The Morgan fingerprint density at radius 1 is 0.919 bits per heavy atom. The van der Waals surface area contributed by atoms with E-state index in [2.05, 4.69) is 36.8 Å². The van der Waals surface area contributed by atoms with Gasteiger partial charge in [-0.1, -0.05) is 38.5 Å². The van der Waals surface area contributed by atoms with Crippen molar-refractivity contribution >= 4 is 17.7 Å². The molecule has 3 saturated heterocycles. The number of nitrogens with zero attached hydrogens (tertiary/aromatic N) is 4. The molecule has 4 aliphatic rings. The zero-order valence-corrected chi connectivity index (χ0v) is 22.8. The highest BCUT2D eigenvalue weighted by molar-refractivity contribution is 5.81. The molecular weight excluding hydrogens is 462 g/mol. The second-order valence-electron chi connectivity index (χ2n) is 11.7. The Hall–Kier alpha value is -1.93. The summed E-state index contributed by atoms with van der Waals surface area (Å²) in [6, 6.07) is 3.42. The zero-order valence-electron chi connectivity index (χ0n) is 22.8. The summed E-state index contributed by atoms with van der Waals surface area (Å²) < 4.78 is 0. The number of likely N-dealkylation sites (tertiary alicyclic amines) is 1. The van der Waals surface area contributed by atoms with Crippen LogP contribution in [0.3, 0.4) is 0 Å². The molecule has 0 bridgehead atoms. The van der Waals surface area contributed by atoms with E-state index in [4.69, 9.17) is 4.98 Å². The van der Waals surface area contributed by atoms with Gasteiger partial charge in [0, 0.05) is 44.0 Å². The van der Waals surface area contributed by atoms with Gasteiger partial charge in [0.2, 0.25) is 11.9 Å². The molecule has 0 spiro atoms. The molecule has 3 aliphatic heterocycles. The first kappa shape index (κ1) is 26.7. The normalized spacial score (nSPS) is 28.4. The maximum absolute atomic E-state index is 12.8. The van der Waals surface area contributed by atoms with Crippen molar-refractivity contribution in [1.82, 2.24) is 25.5 Å². The number of piperidine rings is 2. The summed E-state index contributed by atoms with van der Waals surface area (Å²) in [6.45, 7) is 5.04. The molecule has 37 heavy (non-hydrogen) atoms. The number of nitrogens with one attached hydrogen (secondary N) is 3. The molecule has 4 fully saturated rings. The molecule has 1 saturated carbocycles. The van der Waals surface area contributed by atoms with E-state index in [-0.39, 0.29) is 11.9 Å². The molecule has 4 heterocycles. The van der Waals surface area contributed by atoms with Crippen LogP contribution < -0.4 is 20.9 Å².